The number of halogens is 1. The molecule has 1 aromatic carbocycles. The van der Waals surface area contributed by atoms with Gasteiger partial charge in [-0.1, -0.05) is 24.8 Å². The molecular formula is C35H38FN7O3. The maximum atomic E-state index is 13.9. The van der Waals surface area contributed by atoms with E-state index in [4.69, 9.17) is 31.0 Å². The van der Waals surface area contributed by atoms with Gasteiger partial charge in [-0.3, -0.25) is 9.78 Å². The summed E-state index contributed by atoms with van der Waals surface area (Å²) in [5.74, 6) is 0.864. The molecule has 2 saturated heterocycles. The third-order valence-corrected chi connectivity index (χ3v) is 10.4. The van der Waals surface area contributed by atoms with Gasteiger partial charge in [0.05, 0.1) is 11.5 Å². The van der Waals surface area contributed by atoms with Crippen molar-refractivity contribution in [2.75, 3.05) is 51.3 Å². The Bertz CT molecular complexity index is 1770. The number of pyridine rings is 1. The number of aromatic nitrogens is 3. The Hall–Kier alpha value is -4.30. The third kappa shape index (κ3) is 5.22. The smallest absolute Gasteiger partial charge is 0.319 e. The number of carbonyl (C=O) groups is 1. The minimum atomic E-state index is -1.02. The predicted octanol–water partition coefficient (Wildman–Crippen LogP) is 4.79. The Morgan fingerprint density at radius 1 is 1.17 bits per heavy atom. The number of ether oxygens (including phenoxy) is 2. The fourth-order valence-electron chi connectivity index (χ4n) is 7.60. The van der Waals surface area contributed by atoms with Crippen molar-refractivity contribution < 1.29 is 18.7 Å². The average Bonchev–Trinajstić information content (AvgIpc) is 3.97. The van der Waals surface area contributed by atoms with E-state index in [1.54, 1.807) is 0 Å². The summed E-state index contributed by atoms with van der Waals surface area (Å²) in [5, 5.41) is 0.719. The number of fused-ring (bicyclic) bond motifs is 4. The molecule has 238 valence electrons. The maximum Gasteiger partial charge on any atom is 0.319 e. The third-order valence-electron chi connectivity index (χ3n) is 10.4. The summed E-state index contributed by atoms with van der Waals surface area (Å²) in [6.45, 7) is 13.2. The number of anilines is 1. The Morgan fingerprint density at radius 2 is 2.04 bits per heavy atom. The molecule has 2 saturated carbocycles. The number of amides is 1. The number of hydrogen-bond acceptors (Lipinski definition) is 8. The van der Waals surface area contributed by atoms with Gasteiger partial charge in [0.1, 0.15) is 29.7 Å². The number of nitrogens with zero attached hydrogens (tertiary/aromatic N) is 7. The number of likely N-dealkylation sites (N-methyl/N-ethyl adjacent to an activating group) is 1. The van der Waals surface area contributed by atoms with Crippen molar-refractivity contribution in [2.45, 2.75) is 62.6 Å². The fraction of sp³-hybridized carbons (Fsp3) is 0.514. The molecule has 0 spiro atoms. The number of likely N-dealkylation sites (tertiary alicyclic amines) is 1. The lowest BCUT2D eigenvalue weighted by Gasteiger charge is -2.39. The van der Waals surface area contributed by atoms with Gasteiger partial charge in [-0.2, -0.15) is 9.97 Å². The van der Waals surface area contributed by atoms with Crippen molar-refractivity contribution in [3.63, 3.8) is 0 Å². The van der Waals surface area contributed by atoms with Gasteiger partial charge >= 0.3 is 6.01 Å². The molecule has 0 N–H and O–H groups in total. The van der Waals surface area contributed by atoms with E-state index in [1.165, 1.54) is 22.4 Å². The summed E-state index contributed by atoms with van der Waals surface area (Å²) in [4.78, 5) is 36.9. The lowest BCUT2D eigenvalue weighted by molar-refractivity contribution is -0.131. The lowest BCUT2D eigenvalue weighted by atomic mass is 9.96. The molecule has 4 fully saturated rings. The van der Waals surface area contributed by atoms with Crippen LogP contribution in [0.2, 0.25) is 0 Å². The van der Waals surface area contributed by atoms with Crippen LogP contribution in [0.5, 0.6) is 11.8 Å². The molecule has 2 aromatic heterocycles. The van der Waals surface area contributed by atoms with Gasteiger partial charge in [0.15, 0.2) is 11.6 Å². The molecule has 0 radical (unpaired) electrons. The Labute approximate surface area is 268 Å². The second-order valence-electron chi connectivity index (χ2n) is 13.5. The predicted molar refractivity (Wildman–Crippen MR) is 172 cm³/mol. The molecule has 3 aliphatic carbocycles. The first-order valence-corrected chi connectivity index (χ1v) is 16.5. The largest absolute Gasteiger partial charge is 0.486 e. The van der Waals surface area contributed by atoms with Crippen molar-refractivity contribution >= 4 is 22.6 Å². The Kier molecular flexibility index (Phi) is 7.28. The molecule has 46 heavy (non-hydrogen) atoms. The minimum absolute atomic E-state index is 0.0372. The fourth-order valence-corrected chi connectivity index (χ4v) is 7.60. The molecule has 10 nitrogen and oxygen atoms in total. The highest BCUT2D eigenvalue weighted by Gasteiger charge is 2.46. The van der Waals surface area contributed by atoms with Gasteiger partial charge in [-0.05, 0) is 75.1 Å². The van der Waals surface area contributed by atoms with Crippen LogP contribution in [0.3, 0.4) is 0 Å². The van der Waals surface area contributed by atoms with Crippen LogP contribution in [0.4, 0.5) is 10.2 Å². The van der Waals surface area contributed by atoms with E-state index in [-0.39, 0.29) is 31.2 Å². The van der Waals surface area contributed by atoms with Crippen molar-refractivity contribution in [3.8, 4) is 23.0 Å². The quantitative estimate of drug-likeness (QED) is 0.249. The van der Waals surface area contributed by atoms with Crippen LogP contribution >= 0.6 is 0 Å². The molecule has 8 rings (SSSR count). The number of hydrogen-bond donors (Lipinski definition) is 0. The first-order valence-electron chi connectivity index (χ1n) is 16.5. The van der Waals surface area contributed by atoms with E-state index >= 15 is 0 Å². The molecule has 0 bridgehead atoms. The second kappa shape index (κ2) is 11.5. The molecular weight excluding hydrogens is 585 g/mol. The standard InChI is InChI=1S/C35H38FN7O3/c1-20(36)34(44)43-13-12-42(18-23(43)16-37-2)33-29-17-38-30(26-8-4-7-25-27-14-21(27)15-28(25)26)32(46-24-9-10-24)31(29)39-35(40-33)45-19-22-6-5-11-41(22)3/h4,7-8,17,21-24,27H,1,5-6,9-16,18-19H2,3H3/t21?,22-,23-,27?/m0/s1. The second-order valence-corrected chi connectivity index (χ2v) is 13.5. The molecule has 4 atom stereocenters. The van der Waals surface area contributed by atoms with Gasteiger partial charge in [-0.25, -0.2) is 11.0 Å². The van der Waals surface area contributed by atoms with Crippen molar-refractivity contribution in [1.82, 2.24) is 24.8 Å². The summed E-state index contributed by atoms with van der Waals surface area (Å²) in [7, 11) is 2.11. The van der Waals surface area contributed by atoms with Crippen LogP contribution < -0.4 is 14.4 Å². The van der Waals surface area contributed by atoms with E-state index in [9.17, 15) is 9.18 Å². The van der Waals surface area contributed by atoms with Crippen LogP contribution in [0.15, 0.2) is 36.8 Å². The topological polar surface area (TPSA) is 88.3 Å². The van der Waals surface area contributed by atoms with Crippen LogP contribution in [-0.4, -0.2) is 95.2 Å². The first kappa shape index (κ1) is 29.1. The van der Waals surface area contributed by atoms with Crippen LogP contribution in [0.25, 0.3) is 27.0 Å². The normalized spacial score (nSPS) is 25.2. The monoisotopic (exact) mass is 623 g/mol. The summed E-state index contributed by atoms with van der Waals surface area (Å²) in [5.41, 5.74) is 5.35. The summed E-state index contributed by atoms with van der Waals surface area (Å²) < 4.78 is 26.9. The van der Waals surface area contributed by atoms with Crippen molar-refractivity contribution in [1.29, 1.82) is 0 Å². The van der Waals surface area contributed by atoms with E-state index in [0.717, 1.165) is 61.2 Å². The average molecular weight is 624 g/mol. The van der Waals surface area contributed by atoms with Crippen LogP contribution in [0, 0.1) is 12.5 Å². The van der Waals surface area contributed by atoms with Crippen molar-refractivity contribution in [3.05, 3.63) is 59.3 Å². The first-order chi connectivity index (χ1) is 22.4. The summed E-state index contributed by atoms with van der Waals surface area (Å²) in [6.07, 6.45) is 8.42. The SMILES string of the molecule is [C-]#[N+]C[C@H]1CN(c2nc(OC[C@@H]3CCCN3C)nc3c(OC4CC4)c(-c4cccc5c4CC4CC54)ncc23)CCN1C(=O)C(=C)F. The van der Waals surface area contributed by atoms with E-state index in [0.29, 0.717) is 42.7 Å². The maximum absolute atomic E-state index is 13.9. The lowest BCUT2D eigenvalue weighted by Crippen LogP contribution is -2.56. The molecule has 5 aliphatic rings. The highest BCUT2D eigenvalue weighted by atomic mass is 19.1. The molecule has 3 aromatic rings. The highest BCUT2D eigenvalue weighted by Crippen LogP contribution is 2.58. The number of carbonyl (C=O) groups excluding carboxylic acids is 1. The molecule has 2 aliphatic heterocycles. The number of benzene rings is 1. The highest BCUT2D eigenvalue weighted by molar-refractivity contribution is 5.97. The van der Waals surface area contributed by atoms with E-state index < -0.39 is 17.8 Å². The minimum Gasteiger partial charge on any atom is -0.486 e. The van der Waals surface area contributed by atoms with Gasteiger partial charge in [0.25, 0.3) is 5.91 Å². The van der Waals surface area contributed by atoms with Gasteiger partial charge in [0, 0.05) is 37.4 Å². The van der Waals surface area contributed by atoms with Crippen LogP contribution in [-0.2, 0) is 11.2 Å². The molecule has 11 heteroatoms. The molecule has 1 amide bonds. The molecule has 4 heterocycles. The van der Waals surface area contributed by atoms with Crippen LogP contribution in [0.1, 0.15) is 49.1 Å². The summed E-state index contributed by atoms with van der Waals surface area (Å²) in [6, 6.07) is 6.55. The zero-order valence-corrected chi connectivity index (χ0v) is 26.1. The number of piperazine rings is 1. The zero-order valence-electron chi connectivity index (χ0n) is 26.1. The summed E-state index contributed by atoms with van der Waals surface area (Å²) >= 11 is 0. The van der Waals surface area contributed by atoms with Crippen molar-refractivity contribution in [2.24, 2.45) is 5.92 Å². The Morgan fingerprint density at radius 3 is 2.80 bits per heavy atom. The van der Waals surface area contributed by atoms with Gasteiger partial charge in [-0.15, -0.1) is 0 Å². The van der Waals surface area contributed by atoms with E-state index in [2.05, 4.69) is 41.6 Å². The zero-order chi connectivity index (χ0) is 31.5. The number of rotatable bonds is 9. The molecule has 2 unspecified atom stereocenters. The van der Waals surface area contributed by atoms with Gasteiger partial charge in [0.2, 0.25) is 6.54 Å². The van der Waals surface area contributed by atoms with Gasteiger partial charge < -0.3 is 29.0 Å². The Balaban J connectivity index is 1.23. The van der Waals surface area contributed by atoms with E-state index in [1.807, 2.05) is 11.1 Å².